The summed E-state index contributed by atoms with van der Waals surface area (Å²) in [5.74, 6) is 0.270. The first-order valence-electron chi connectivity index (χ1n) is 13.1. The van der Waals surface area contributed by atoms with Crippen molar-refractivity contribution in [3.8, 4) is 0 Å². The number of amides is 2. The van der Waals surface area contributed by atoms with Crippen molar-refractivity contribution < 1.29 is 14.0 Å². The van der Waals surface area contributed by atoms with E-state index in [4.69, 9.17) is 0 Å². The van der Waals surface area contributed by atoms with Crippen LogP contribution >= 0.6 is 0 Å². The predicted octanol–water partition coefficient (Wildman–Crippen LogP) is 4.33. The Bertz CT molecular complexity index is 1040. The van der Waals surface area contributed by atoms with Gasteiger partial charge in [0.05, 0.1) is 12.1 Å². The Labute approximate surface area is 213 Å². The quantitative estimate of drug-likeness (QED) is 0.570. The summed E-state index contributed by atoms with van der Waals surface area (Å²) in [5, 5.41) is 6.01. The summed E-state index contributed by atoms with van der Waals surface area (Å²) in [6.45, 7) is 2.35. The van der Waals surface area contributed by atoms with E-state index in [0.29, 0.717) is 18.5 Å². The van der Waals surface area contributed by atoms with Gasteiger partial charge in [0.25, 0.3) is 0 Å². The highest BCUT2D eigenvalue weighted by atomic mass is 19.1. The highest BCUT2D eigenvalue weighted by Gasteiger charge is 2.39. The Balaban J connectivity index is 1.60. The zero-order valence-electron chi connectivity index (χ0n) is 21.5. The molecule has 36 heavy (non-hydrogen) atoms. The van der Waals surface area contributed by atoms with Gasteiger partial charge in [-0.25, -0.2) is 9.37 Å². The van der Waals surface area contributed by atoms with E-state index < -0.39 is 12.1 Å². The van der Waals surface area contributed by atoms with Gasteiger partial charge < -0.3 is 20.4 Å². The van der Waals surface area contributed by atoms with Crippen molar-refractivity contribution in [1.29, 1.82) is 0 Å². The van der Waals surface area contributed by atoms with E-state index >= 15 is 4.39 Å². The first kappa shape index (κ1) is 26.1. The Morgan fingerprint density at radius 1 is 1.11 bits per heavy atom. The fourth-order valence-corrected chi connectivity index (χ4v) is 5.47. The number of pyridine rings is 1. The molecule has 0 bridgehead atoms. The molecule has 3 atom stereocenters. The Morgan fingerprint density at radius 3 is 2.58 bits per heavy atom. The van der Waals surface area contributed by atoms with E-state index in [1.54, 1.807) is 31.1 Å². The number of anilines is 2. The van der Waals surface area contributed by atoms with Crippen molar-refractivity contribution in [3.63, 3.8) is 0 Å². The van der Waals surface area contributed by atoms with Crippen LogP contribution in [-0.4, -0.2) is 54.4 Å². The van der Waals surface area contributed by atoms with Gasteiger partial charge in [-0.2, -0.15) is 0 Å². The van der Waals surface area contributed by atoms with E-state index in [-0.39, 0.29) is 29.6 Å². The number of nitrogens with one attached hydrogen (secondary N) is 2. The minimum absolute atomic E-state index is 0.0936. The lowest BCUT2D eigenvalue weighted by atomic mass is 9.83. The summed E-state index contributed by atoms with van der Waals surface area (Å²) < 4.78 is 15.2. The number of rotatable bonds is 8. The van der Waals surface area contributed by atoms with Gasteiger partial charge in [-0.1, -0.05) is 25.3 Å². The average molecular weight is 496 g/mol. The van der Waals surface area contributed by atoms with Crippen LogP contribution in [0.1, 0.15) is 63.5 Å². The van der Waals surface area contributed by atoms with Crippen molar-refractivity contribution in [1.82, 2.24) is 20.5 Å². The number of aromatic nitrogens is 1. The van der Waals surface area contributed by atoms with E-state index in [1.807, 2.05) is 36.2 Å². The normalized spacial score (nSPS) is 20.1. The van der Waals surface area contributed by atoms with Gasteiger partial charge in [-0.05, 0) is 75.9 Å². The van der Waals surface area contributed by atoms with Crippen LogP contribution in [0.4, 0.5) is 15.9 Å². The van der Waals surface area contributed by atoms with Crippen LogP contribution in [0.2, 0.25) is 0 Å². The average Bonchev–Trinajstić information content (AvgIpc) is 3.41. The third-order valence-electron chi connectivity index (χ3n) is 7.77. The van der Waals surface area contributed by atoms with Gasteiger partial charge in [0.15, 0.2) is 0 Å². The van der Waals surface area contributed by atoms with Gasteiger partial charge in [-0.3, -0.25) is 9.59 Å². The van der Waals surface area contributed by atoms with Gasteiger partial charge in [0, 0.05) is 31.0 Å². The summed E-state index contributed by atoms with van der Waals surface area (Å²) in [7, 11) is 3.63. The zero-order valence-corrected chi connectivity index (χ0v) is 21.5. The van der Waals surface area contributed by atoms with Crippen LogP contribution in [0.3, 0.4) is 0 Å². The molecule has 0 unspecified atom stereocenters. The third-order valence-corrected chi connectivity index (χ3v) is 7.77. The number of nitrogens with zero attached hydrogens (tertiary/aromatic N) is 3. The number of benzene rings is 1. The number of halogens is 1. The summed E-state index contributed by atoms with van der Waals surface area (Å²) in [5.41, 5.74) is 1.32. The first-order chi connectivity index (χ1) is 17.4. The van der Waals surface area contributed by atoms with Crippen LogP contribution in [-0.2, 0) is 9.59 Å². The molecule has 4 rings (SSSR count). The topological polar surface area (TPSA) is 77.6 Å². The predicted molar refractivity (Wildman–Crippen MR) is 139 cm³/mol. The van der Waals surface area contributed by atoms with Gasteiger partial charge in [0.2, 0.25) is 11.8 Å². The molecule has 194 valence electrons. The molecule has 1 aromatic carbocycles. The molecule has 1 saturated carbocycles. The molecule has 2 fully saturated rings. The van der Waals surface area contributed by atoms with E-state index in [0.717, 1.165) is 50.0 Å². The summed E-state index contributed by atoms with van der Waals surface area (Å²) >= 11 is 0. The molecular weight excluding hydrogens is 457 g/mol. The summed E-state index contributed by atoms with van der Waals surface area (Å²) in [4.78, 5) is 34.9. The van der Waals surface area contributed by atoms with Crippen molar-refractivity contribution in [3.05, 3.63) is 54.0 Å². The second-order valence-corrected chi connectivity index (χ2v) is 10.0. The fourth-order valence-electron chi connectivity index (χ4n) is 5.47. The van der Waals surface area contributed by atoms with E-state index in [9.17, 15) is 9.59 Å². The highest BCUT2D eigenvalue weighted by Crippen LogP contribution is 2.38. The van der Waals surface area contributed by atoms with E-state index in [1.165, 1.54) is 6.07 Å². The Morgan fingerprint density at radius 2 is 1.89 bits per heavy atom. The molecule has 0 spiro atoms. The standard InChI is InChI=1S/C28H38FN5O2/c1-19(30-2)27(35)32-26(20-10-5-4-6-11-20)28(36)34-17-9-12-24(34)22-18-21(14-15-23(22)29)33(3)25-13-7-8-16-31-25/h7-8,13-16,18-20,24,26,30H,4-6,9-12,17H2,1-3H3,(H,32,35)/t19-,24+,26-/m0/s1. The summed E-state index contributed by atoms with van der Waals surface area (Å²) in [6, 6.07) is 9.36. The molecule has 1 aliphatic carbocycles. The third kappa shape index (κ3) is 5.69. The largest absolute Gasteiger partial charge is 0.343 e. The molecule has 2 amide bonds. The molecular formula is C28H38FN5O2. The number of likely N-dealkylation sites (N-methyl/N-ethyl adjacent to an activating group) is 1. The maximum atomic E-state index is 15.2. The number of likely N-dealkylation sites (tertiary alicyclic amines) is 1. The lowest BCUT2D eigenvalue weighted by Gasteiger charge is -2.35. The molecule has 0 radical (unpaired) electrons. The number of hydrogen-bond donors (Lipinski definition) is 2. The molecule has 2 aromatic rings. The van der Waals surface area contributed by atoms with E-state index in [2.05, 4.69) is 15.6 Å². The minimum Gasteiger partial charge on any atom is -0.343 e. The van der Waals surface area contributed by atoms with Crippen LogP contribution in [0.15, 0.2) is 42.6 Å². The molecule has 1 aromatic heterocycles. The Kier molecular flexibility index (Phi) is 8.56. The SMILES string of the molecule is CN[C@@H](C)C(=O)N[C@H](C(=O)N1CCC[C@@H]1c1cc(N(C)c2ccccn2)ccc1F)C1CCCCC1. The first-order valence-corrected chi connectivity index (χ1v) is 13.1. The minimum atomic E-state index is -0.586. The van der Waals surface area contributed by atoms with Crippen LogP contribution in [0, 0.1) is 11.7 Å². The lowest BCUT2D eigenvalue weighted by molar-refractivity contribution is -0.139. The van der Waals surface area contributed by atoms with Crippen molar-refractivity contribution in [2.45, 2.75) is 70.0 Å². The highest BCUT2D eigenvalue weighted by molar-refractivity contribution is 5.90. The Hall–Kier alpha value is -3.00. The molecule has 2 N–H and O–H groups in total. The second-order valence-electron chi connectivity index (χ2n) is 10.0. The van der Waals surface area contributed by atoms with Crippen molar-refractivity contribution in [2.24, 2.45) is 5.92 Å². The van der Waals surface area contributed by atoms with Gasteiger partial charge in [-0.15, -0.1) is 0 Å². The molecule has 7 nitrogen and oxygen atoms in total. The van der Waals surface area contributed by atoms with Crippen LogP contribution < -0.4 is 15.5 Å². The number of hydrogen-bond acceptors (Lipinski definition) is 5. The lowest BCUT2D eigenvalue weighted by Crippen LogP contribution is -2.55. The molecule has 2 heterocycles. The summed E-state index contributed by atoms with van der Waals surface area (Å²) in [6.07, 6.45) is 8.34. The second kappa shape index (κ2) is 11.8. The number of carbonyl (C=O) groups is 2. The molecule has 1 aliphatic heterocycles. The van der Waals surface area contributed by atoms with Crippen LogP contribution in [0.5, 0.6) is 0 Å². The fraction of sp³-hybridized carbons (Fsp3) is 0.536. The molecule has 8 heteroatoms. The smallest absolute Gasteiger partial charge is 0.245 e. The number of carbonyl (C=O) groups excluding carboxylic acids is 2. The van der Waals surface area contributed by atoms with Crippen molar-refractivity contribution >= 4 is 23.3 Å². The van der Waals surface area contributed by atoms with Gasteiger partial charge in [0.1, 0.15) is 17.7 Å². The van der Waals surface area contributed by atoms with Crippen LogP contribution in [0.25, 0.3) is 0 Å². The monoisotopic (exact) mass is 495 g/mol. The van der Waals surface area contributed by atoms with Gasteiger partial charge >= 0.3 is 0 Å². The van der Waals surface area contributed by atoms with Crippen molar-refractivity contribution in [2.75, 3.05) is 25.5 Å². The maximum Gasteiger partial charge on any atom is 0.245 e. The zero-order chi connectivity index (χ0) is 25.7. The maximum absolute atomic E-state index is 15.2. The molecule has 2 aliphatic rings. The molecule has 1 saturated heterocycles.